The van der Waals surface area contributed by atoms with E-state index in [4.69, 9.17) is 9.47 Å². The highest BCUT2D eigenvalue weighted by Gasteiger charge is 2.17. The summed E-state index contributed by atoms with van der Waals surface area (Å²) in [6, 6.07) is 5.88. The summed E-state index contributed by atoms with van der Waals surface area (Å²) in [7, 11) is 1.63. The van der Waals surface area contributed by atoms with E-state index in [-0.39, 0.29) is 6.04 Å². The molecule has 1 atom stereocenters. The molecule has 0 aromatic heterocycles. The SMILES string of the molecule is COc1cc(C[C@@H](C)NC(=O)OC(C)(C)C)ccc1Br. The molecule has 0 heterocycles. The fourth-order valence-electron chi connectivity index (χ4n) is 1.74. The molecule has 0 saturated heterocycles. The summed E-state index contributed by atoms with van der Waals surface area (Å²) in [4.78, 5) is 11.7. The smallest absolute Gasteiger partial charge is 0.407 e. The Hall–Kier alpha value is -1.23. The quantitative estimate of drug-likeness (QED) is 0.901. The summed E-state index contributed by atoms with van der Waals surface area (Å²) in [5, 5.41) is 2.82. The first kappa shape index (κ1) is 16.8. The second-order valence-corrected chi connectivity index (χ2v) is 6.57. The maximum atomic E-state index is 11.7. The maximum absolute atomic E-state index is 11.7. The predicted molar refractivity (Wildman–Crippen MR) is 83.2 cm³/mol. The molecule has 0 saturated carbocycles. The highest BCUT2D eigenvalue weighted by atomic mass is 79.9. The van der Waals surface area contributed by atoms with Crippen molar-refractivity contribution < 1.29 is 14.3 Å². The third-order valence-electron chi connectivity index (χ3n) is 2.52. The Kier molecular flexibility index (Phi) is 5.87. The molecule has 1 aromatic carbocycles. The van der Waals surface area contributed by atoms with Crippen LogP contribution in [-0.2, 0) is 11.2 Å². The minimum atomic E-state index is -0.482. The van der Waals surface area contributed by atoms with Crippen molar-refractivity contribution in [1.29, 1.82) is 0 Å². The molecule has 1 amide bonds. The average Bonchev–Trinajstić information content (AvgIpc) is 2.28. The van der Waals surface area contributed by atoms with Crippen molar-refractivity contribution >= 4 is 22.0 Å². The van der Waals surface area contributed by atoms with Crippen molar-refractivity contribution in [3.05, 3.63) is 28.2 Å². The predicted octanol–water partition coefficient (Wildman–Crippen LogP) is 3.91. The van der Waals surface area contributed by atoms with E-state index in [1.54, 1.807) is 7.11 Å². The number of hydrogen-bond acceptors (Lipinski definition) is 3. The number of alkyl carbamates (subject to hydrolysis) is 1. The maximum Gasteiger partial charge on any atom is 0.407 e. The van der Waals surface area contributed by atoms with E-state index in [1.807, 2.05) is 45.9 Å². The van der Waals surface area contributed by atoms with Crippen molar-refractivity contribution in [2.24, 2.45) is 0 Å². The Labute approximate surface area is 129 Å². The molecular formula is C15H22BrNO3. The van der Waals surface area contributed by atoms with Gasteiger partial charge in [-0.1, -0.05) is 6.07 Å². The zero-order valence-electron chi connectivity index (χ0n) is 12.6. The van der Waals surface area contributed by atoms with Gasteiger partial charge in [0.25, 0.3) is 0 Å². The molecule has 0 aliphatic heterocycles. The summed E-state index contributed by atoms with van der Waals surface area (Å²) in [6.07, 6.45) is 0.317. The van der Waals surface area contributed by atoms with Crippen LogP contribution in [0, 0.1) is 0 Å². The van der Waals surface area contributed by atoms with E-state index in [1.165, 1.54) is 0 Å². The molecule has 1 rings (SSSR count). The van der Waals surface area contributed by atoms with Crippen LogP contribution in [-0.4, -0.2) is 24.8 Å². The molecule has 1 aromatic rings. The first-order chi connectivity index (χ1) is 9.21. The molecular weight excluding hydrogens is 322 g/mol. The molecule has 0 unspecified atom stereocenters. The topological polar surface area (TPSA) is 47.6 Å². The Morgan fingerprint density at radius 2 is 2.05 bits per heavy atom. The fraction of sp³-hybridized carbons (Fsp3) is 0.533. The second kappa shape index (κ2) is 6.97. The lowest BCUT2D eigenvalue weighted by Crippen LogP contribution is -2.38. The number of carbonyl (C=O) groups excluding carboxylic acids is 1. The molecule has 0 aliphatic rings. The molecule has 20 heavy (non-hydrogen) atoms. The van der Waals surface area contributed by atoms with E-state index in [0.29, 0.717) is 6.42 Å². The average molecular weight is 344 g/mol. The molecule has 5 heteroatoms. The van der Waals surface area contributed by atoms with Crippen molar-refractivity contribution in [2.45, 2.75) is 45.8 Å². The van der Waals surface area contributed by atoms with Gasteiger partial charge < -0.3 is 14.8 Å². The van der Waals surface area contributed by atoms with Crippen LogP contribution in [0.1, 0.15) is 33.3 Å². The van der Waals surface area contributed by atoms with Gasteiger partial charge in [0.15, 0.2) is 0 Å². The molecule has 0 radical (unpaired) electrons. The first-order valence-corrected chi connectivity index (χ1v) is 7.32. The number of carbonyl (C=O) groups is 1. The van der Waals surface area contributed by atoms with Gasteiger partial charge in [-0.05, 0) is 67.7 Å². The largest absolute Gasteiger partial charge is 0.496 e. The van der Waals surface area contributed by atoms with Crippen molar-refractivity contribution in [1.82, 2.24) is 5.32 Å². The number of benzene rings is 1. The number of hydrogen-bond donors (Lipinski definition) is 1. The number of rotatable bonds is 4. The summed E-state index contributed by atoms with van der Waals surface area (Å²) in [5.74, 6) is 0.784. The third kappa shape index (κ3) is 5.82. The second-order valence-electron chi connectivity index (χ2n) is 5.72. The number of methoxy groups -OCH3 is 1. The summed E-state index contributed by atoms with van der Waals surface area (Å²) < 4.78 is 11.4. The van der Waals surface area contributed by atoms with E-state index in [9.17, 15) is 4.79 Å². The van der Waals surface area contributed by atoms with Crippen LogP contribution in [0.3, 0.4) is 0 Å². The Morgan fingerprint density at radius 1 is 1.40 bits per heavy atom. The van der Waals surface area contributed by atoms with Crippen LogP contribution >= 0.6 is 15.9 Å². The van der Waals surface area contributed by atoms with Gasteiger partial charge in [0, 0.05) is 6.04 Å². The number of ether oxygens (including phenoxy) is 2. The molecule has 112 valence electrons. The van der Waals surface area contributed by atoms with Crippen molar-refractivity contribution in [2.75, 3.05) is 7.11 Å². The molecule has 0 fully saturated rings. The minimum absolute atomic E-state index is 0.0178. The summed E-state index contributed by atoms with van der Waals surface area (Å²) >= 11 is 3.42. The van der Waals surface area contributed by atoms with Gasteiger partial charge in [-0.3, -0.25) is 0 Å². The van der Waals surface area contributed by atoms with Crippen molar-refractivity contribution in [3.63, 3.8) is 0 Å². The standard InChI is InChI=1S/C15H22BrNO3/c1-10(17-14(18)20-15(2,3)4)8-11-6-7-12(16)13(9-11)19-5/h6-7,9-10H,8H2,1-5H3,(H,17,18)/t10-/m1/s1. The summed E-state index contributed by atoms with van der Waals surface area (Å²) in [5.41, 5.74) is 0.610. The fourth-order valence-corrected chi connectivity index (χ4v) is 2.15. The normalized spacial score (nSPS) is 12.7. The van der Waals surface area contributed by atoms with Crippen LogP contribution in [0.2, 0.25) is 0 Å². The molecule has 4 nitrogen and oxygen atoms in total. The van der Waals surface area contributed by atoms with Crippen LogP contribution in [0.15, 0.2) is 22.7 Å². The minimum Gasteiger partial charge on any atom is -0.496 e. The van der Waals surface area contributed by atoms with Gasteiger partial charge in [-0.2, -0.15) is 0 Å². The summed E-state index contributed by atoms with van der Waals surface area (Å²) in [6.45, 7) is 7.48. The van der Waals surface area contributed by atoms with Gasteiger partial charge in [0.1, 0.15) is 11.4 Å². The molecule has 0 spiro atoms. The number of amides is 1. The zero-order valence-corrected chi connectivity index (χ0v) is 14.2. The van der Waals surface area contributed by atoms with Crippen molar-refractivity contribution in [3.8, 4) is 5.75 Å². The lowest BCUT2D eigenvalue weighted by atomic mass is 10.1. The molecule has 1 N–H and O–H groups in total. The lowest BCUT2D eigenvalue weighted by molar-refractivity contribution is 0.0508. The Bertz CT molecular complexity index is 469. The lowest BCUT2D eigenvalue weighted by Gasteiger charge is -2.22. The Balaban J connectivity index is 2.58. The van der Waals surface area contributed by atoms with Crippen LogP contribution in [0.4, 0.5) is 4.79 Å². The van der Waals surface area contributed by atoms with Gasteiger partial charge in [0.2, 0.25) is 0 Å². The highest BCUT2D eigenvalue weighted by Crippen LogP contribution is 2.26. The zero-order chi connectivity index (χ0) is 15.3. The van der Waals surface area contributed by atoms with E-state index in [2.05, 4.69) is 21.2 Å². The third-order valence-corrected chi connectivity index (χ3v) is 3.18. The van der Waals surface area contributed by atoms with E-state index in [0.717, 1.165) is 15.8 Å². The van der Waals surface area contributed by atoms with Gasteiger partial charge in [-0.15, -0.1) is 0 Å². The van der Waals surface area contributed by atoms with E-state index >= 15 is 0 Å². The van der Waals surface area contributed by atoms with Crippen LogP contribution < -0.4 is 10.1 Å². The van der Waals surface area contributed by atoms with E-state index < -0.39 is 11.7 Å². The molecule has 0 bridgehead atoms. The Morgan fingerprint density at radius 3 is 2.60 bits per heavy atom. The number of halogens is 1. The van der Waals surface area contributed by atoms with Crippen LogP contribution in [0.5, 0.6) is 5.75 Å². The van der Waals surface area contributed by atoms with Crippen LogP contribution in [0.25, 0.3) is 0 Å². The molecule has 0 aliphatic carbocycles. The van der Waals surface area contributed by atoms with Gasteiger partial charge >= 0.3 is 6.09 Å². The first-order valence-electron chi connectivity index (χ1n) is 6.53. The monoisotopic (exact) mass is 343 g/mol. The number of nitrogens with one attached hydrogen (secondary N) is 1. The van der Waals surface area contributed by atoms with Gasteiger partial charge in [-0.25, -0.2) is 4.79 Å². The highest BCUT2D eigenvalue weighted by molar-refractivity contribution is 9.10. The van der Waals surface area contributed by atoms with Gasteiger partial charge in [0.05, 0.1) is 11.6 Å².